The molecule has 1 aliphatic rings. The van der Waals surface area contributed by atoms with Gasteiger partial charge in [-0.05, 0) is 30.2 Å². The largest absolute Gasteiger partial charge is 0.332 e. The van der Waals surface area contributed by atoms with Gasteiger partial charge >= 0.3 is 5.69 Å². The highest BCUT2D eigenvalue weighted by molar-refractivity contribution is 9.10. The van der Waals surface area contributed by atoms with E-state index in [2.05, 4.69) is 34.3 Å². The normalized spacial score (nSPS) is 16.6. The Hall–Kier alpha value is -2.61. The van der Waals surface area contributed by atoms with Crippen molar-refractivity contribution in [2.45, 2.75) is 20.0 Å². The molecule has 0 N–H and O–H groups in total. The first-order valence-corrected chi connectivity index (χ1v) is 9.55. The molecule has 0 amide bonds. The number of allylic oxidation sites excluding steroid dienone is 1. The Morgan fingerprint density at radius 2 is 1.96 bits per heavy atom. The van der Waals surface area contributed by atoms with Gasteiger partial charge in [0.25, 0.3) is 5.56 Å². The van der Waals surface area contributed by atoms with Gasteiger partial charge < -0.3 is 9.47 Å². The monoisotopic (exact) mass is 429 g/mol. The molecule has 0 radical (unpaired) electrons. The molecule has 140 valence electrons. The zero-order valence-corrected chi connectivity index (χ0v) is 16.8. The number of rotatable bonds is 3. The highest BCUT2D eigenvalue weighted by atomic mass is 79.9. The van der Waals surface area contributed by atoms with Crippen molar-refractivity contribution in [1.82, 2.24) is 18.7 Å². The van der Waals surface area contributed by atoms with Crippen LogP contribution in [0.2, 0.25) is 0 Å². The summed E-state index contributed by atoms with van der Waals surface area (Å²) in [6, 6.07) is 7.99. The lowest BCUT2D eigenvalue weighted by atomic mass is 10.1. The van der Waals surface area contributed by atoms with Crippen LogP contribution in [0.1, 0.15) is 6.92 Å². The molecule has 0 bridgehead atoms. The van der Waals surface area contributed by atoms with Gasteiger partial charge in [0.05, 0.1) is 0 Å². The van der Waals surface area contributed by atoms with Crippen molar-refractivity contribution in [3.63, 3.8) is 0 Å². The number of imidazole rings is 1. The predicted molar refractivity (Wildman–Crippen MR) is 110 cm³/mol. The van der Waals surface area contributed by atoms with E-state index >= 15 is 0 Å². The highest BCUT2D eigenvalue weighted by Crippen LogP contribution is 2.33. The molecule has 0 spiro atoms. The molecule has 3 aromatic rings. The van der Waals surface area contributed by atoms with Crippen LogP contribution in [0.5, 0.6) is 0 Å². The highest BCUT2D eigenvalue weighted by Gasteiger charge is 2.29. The minimum Gasteiger partial charge on any atom is -0.312 e. The van der Waals surface area contributed by atoms with Gasteiger partial charge in [-0.1, -0.05) is 28.9 Å². The number of fused-ring (bicyclic) bond motifs is 3. The van der Waals surface area contributed by atoms with E-state index < -0.39 is 0 Å². The van der Waals surface area contributed by atoms with Crippen molar-refractivity contribution in [2.24, 2.45) is 13.0 Å². The average molecular weight is 430 g/mol. The van der Waals surface area contributed by atoms with Crippen LogP contribution in [-0.4, -0.2) is 25.2 Å². The summed E-state index contributed by atoms with van der Waals surface area (Å²) >= 11 is 3.46. The molecule has 0 aliphatic carbocycles. The van der Waals surface area contributed by atoms with Crippen LogP contribution in [0.25, 0.3) is 11.2 Å². The maximum Gasteiger partial charge on any atom is 0.332 e. The molecule has 7 nitrogen and oxygen atoms in total. The molecule has 8 heteroatoms. The summed E-state index contributed by atoms with van der Waals surface area (Å²) < 4.78 is 5.58. The zero-order chi connectivity index (χ0) is 19.3. The Morgan fingerprint density at radius 3 is 2.63 bits per heavy atom. The Morgan fingerprint density at radius 1 is 1.26 bits per heavy atom. The second-order valence-corrected chi connectivity index (χ2v) is 7.85. The first kappa shape index (κ1) is 17.8. The molecule has 1 unspecified atom stereocenters. The van der Waals surface area contributed by atoms with Crippen molar-refractivity contribution in [2.75, 3.05) is 11.4 Å². The fraction of sp³-hybridized carbons (Fsp3) is 0.316. The van der Waals surface area contributed by atoms with Gasteiger partial charge in [-0.2, -0.15) is 4.98 Å². The molecule has 1 aromatic carbocycles. The average Bonchev–Trinajstić information content (AvgIpc) is 3.03. The third-order valence-electron chi connectivity index (χ3n) is 4.89. The number of nitrogens with zero attached hydrogens (tertiary/aromatic N) is 5. The summed E-state index contributed by atoms with van der Waals surface area (Å²) in [5.74, 6) is 1.01. The number of hydrogen-bond acceptors (Lipinski definition) is 4. The van der Waals surface area contributed by atoms with E-state index in [-0.39, 0.29) is 17.8 Å². The second-order valence-electron chi connectivity index (χ2n) is 6.93. The summed E-state index contributed by atoms with van der Waals surface area (Å²) in [4.78, 5) is 32.4. The molecule has 4 rings (SSSR count). The molecule has 0 fully saturated rings. The van der Waals surface area contributed by atoms with Gasteiger partial charge in [-0.3, -0.25) is 13.9 Å². The zero-order valence-electron chi connectivity index (χ0n) is 15.2. The van der Waals surface area contributed by atoms with Crippen LogP contribution >= 0.6 is 15.9 Å². The molecule has 0 saturated heterocycles. The fourth-order valence-corrected chi connectivity index (χ4v) is 3.90. The van der Waals surface area contributed by atoms with Crippen LogP contribution in [0.3, 0.4) is 0 Å². The number of halogens is 1. The molecular weight excluding hydrogens is 410 g/mol. The standard InChI is InChI=1S/C19H20BrN5O2/c1-4-9-23-17(26)15-16(22(3)19(23)27)21-18-24(10-12(2)11-25(15)18)14-7-5-13(20)6-8-14/h4-8,12H,1,9-11H2,2-3H3. The van der Waals surface area contributed by atoms with Gasteiger partial charge in [0.2, 0.25) is 5.95 Å². The fourth-order valence-electron chi connectivity index (χ4n) is 3.63. The van der Waals surface area contributed by atoms with E-state index in [9.17, 15) is 9.59 Å². The van der Waals surface area contributed by atoms with Crippen molar-refractivity contribution >= 4 is 38.7 Å². The first-order valence-electron chi connectivity index (χ1n) is 8.76. The minimum absolute atomic E-state index is 0.175. The van der Waals surface area contributed by atoms with E-state index in [1.54, 1.807) is 13.1 Å². The van der Waals surface area contributed by atoms with E-state index in [0.29, 0.717) is 29.6 Å². The molecule has 1 aliphatic heterocycles. The Kier molecular flexibility index (Phi) is 4.30. The van der Waals surface area contributed by atoms with Gasteiger partial charge in [-0.25, -0.2) is 4.79 Å². The maximum absolute atomic E-state index is 13.0. The summed E-state index contributed by atoms with van der Waals surface area (Å²) in [5.41, 5.74) is 1.17. The summed E-state index contributed by atoms with van der Waals surface area (Å²) in [6.07, 6.45) is 1.55. The van der Waals surface area contributed by atoms with Crippen LogP contribution in [0, 0.1) is 5.92 Å². The predicted octanol–water partition coefficient (Wildman–Crippen LogP) is 2.63. The topological polar surface area (TPSA) is 65.1 Å². The molecule has 27 heavy (non-hydrogen) atoms. The number of aromatic nitrogens is 4. The minimum atomic E-state index is -0.383. The molecular formula is C19H20BrN5O2. The van der Waals surface area contributed by atoms with E-state index in [4.69, 9.17) is 4.98 Å². The van der Waals surface area contributed by atoms with Crippen LogP contribution in [0.15, 0.2) is 51.0 Å². The Bertz CT molecular complexity index is 1160. The lowest BCUT2D eigenvalue weighted by Crippen LogP contribution is -2.40. The number of anilines is 2. The van der Waals surface area contributed by atoms with E-state index in [1.807, 2.05) is 28.8 Å². The first-order chi connectivity index (χ1) is 12.9. The van der Waals surface area contributed by atoms with Gasteiger partial charge in [0, 0.05) is 36.8 Å². The lowest BCUT2D eigenvalue weighted by Gasteiger charge is -2.33. The van der Waals surface area contributed by atoms with Crippen LogP contribution in [0.4, 0.5) is 11.6 Å². The lowest BCUT2D eigenvalue weighted by molar-refractivity contribution is 0.458. The van der Waals surface area contributed by atoms with E-state index in [0.717, 1.165) is 16.7 Å². The molecule has 1 atom stereocenters. The van der Waals surface area contributed by atoms with E-state index in [1.165, 1.54) is 9.13 Å². The number of aryl methyl sites for hydroxylation is 1. The maximum atomic E-state index is 13.0. The summed E-state index contributed by atoms with van der Waals surface area (Å²) in [7, 11) is 1.65. The number of hydrogen-bond donors (Lipinski definition) is 0. The van der Waals surface area contributed by atoms with Crippen molar-refractivity contribution in [1.29, 1.82) is 0 Å². The van der Waals surface area contributed by atoms with Gasteiger partial charge in [0.15, 0.2) is 11.2 Å². The van der Waals surface area contributed by atoms with Gasteiger partial charge in [-0.15, -0.1) is 6.58 Å². The second kappa shape index (κ2) is 6.53. The van der Waals surface area contributed by atoms with Crippen molar-refractivity contribution in [3.05, 3.63) is 62.2 Å². The number of benzene rings is 1. The third-order valence-corrected chi connectivity index (χ3v) is 5.42. The van der Waals surface area contributed by atoms with Crippen LogP contribution < -0.4 is 16.1 Å². The van der Waals surface area contributed by atoms with Crippen LogP contribution in [-0.2, 0) is 20.1 Å². The third kappa shape index (κ3) is 2.75. The van der Waals surface area contributed by atoms with Crippen molar-refractivity contribution in [3.8, 4) is 0 Å². The van der Waals surface area contributed by atoms with Gasteiger partial charge in [0.1, 0.15) is 0 Å². The molecule has 0 saturated carbocycles. The Labute approximate surface area is 164 Å². The smallest absolute Gasteiger partial charge is 0.312 e. The Balaban J connectivity index is 2.02. The quantitative estimate of drug-likeness (QED) is 0.600. The SMILES string of the molecule is C=CCn1c(=O)c2c(nc3n2CC(C)CN3c2ccc(Br)cc2)n(C)c1=O. The van der Waals surface area contributed by atoms with Crippen molar-refractivity contribution < 1.29 is 0 Å². The summed E-state index contributed by atoms with van der Waals surface area (Å²) in [5, 5.41) is 0. The summed E-state index contributed by atoms with van der Waals surface area (Å²) in [6.45, 7) is 7.44. The molecule has 2 aromatic heterocycles. The molecule has 3 heterocycles.